The molecule has 0 spiro atoms. The van der Waals surface area contributed by atoms with Gasteiger partial charge in [-0.15, -0.1) is 0 Å². The molecule has 1 heterocycles. The summed E-state index contributed by atoms with van der Waals surface area (Å²) in [5.74, 6) is 0. The predicted octanol–water partition coefficient (Wildman–Crippen LogP) is 2.34. The van der Waals surface area contributed by atoms with E-state index in [2.05, 4.69) is 29.4 Å². The average molecular weight is 256 g/mol. The second kappa shape index (κ2) is 7.02. The lowest BCUT2D eigenvalue weighted by atomic mass is 10.1. The van der Waals surface area contributed by atoms with Crippen molar-refractivity contribution in [3.05, 3.63) is 66.0 Å². The smallest absolute Gasteiger partial charge is 0.0929 e. The Bertz CT molecular complexity index is 473. The molecule has 0 unspecified atom stereocenters. The summed E-state index contributed by atoms with van der Waals surface area (Å²) >= 11 is 0. The fraction of sp³-hybridized carbons (Fsp3) is 0.312. The second-order valence-electron chi connectivity index (χ2n) is 4.80. The third-order valence-corrected chi connectivity index (χ3v) is 3.11. The van der Waals surface area contributed by atoms with Crippen molar-refractivity contribution in [2.75, 3.05) is 6.54 Å². The molecule has 0 bridgehead atoms. The van der Waals surface area contributed by atoms with E-state index in [1.54, 1.807) is 12.4 Å². The van der Waals surface area contributed by atoms with Gasteiger partial charge >= 0.3 is 0 Å². The molecule has 3 nitrogen and oxygen atoms in total. The fourth-order valence-corrected chi connectivity index (χ4v) is 2.04. The van der Waals surface area contributed by atoms with Gasteiger partial charge in [-0.05, 0) is 25.0 Å². The molecule has 0 saturated carbocycles. The quantitative estimate of drug-likeness (QED) is 0.834. The Morgan fingerprint density at radius 2 is 1.95 bits per heavy atom. The molecular formula is C16H20N2O. The van der Waals surface area contributed by atoms with Gasteiger partial charge in [0.1, 0.15) is 0 Å². The summed E-state index contributed by atoms with van der Waals surface area (Å²) in [6.07, 6.45) is 3.86. The molecule has 0 aliphatic carbocycles. The van der Waals surface area contributed by atoms with Crippen LogP contribution in [0.2, 0.25) is 0 Å². The SMILES string of the molecule is C[C@H](Cc1ccccc1)NC[C@H](O)c1cccnc1. The van der Waals surface area contributed by atoms with E-state index in [4.69, 9.17) is 0 Å². The Kier molecular flexibility index (Phi) is 5.07. The van der Waals surface area contributed by atoms with Crippen LogP contribution in [-0.4, -0.2) is 22.7 Å². The van der Waals surface area contributed by atoms with Gasteiger partial charge in [0.25, 0.3) is 0 Å². The van der Waals surface area contributed by atoms with Gasteiger partial charge in [0, 0.05) is 30.5 Å². The van der Waals surface area contributed by atoms with E-state index in [9.17, 15) is 5.11 Å². The molecule has 1 aromatic carbocycles. The number of hydrogen-bond acceptors (Lipinski definition) is 3. The van der Waals surface area contributed by atoms with Gasteiger partial charge in [-0.25, -0.2) is 0 Å². The molecule has 19 heavy (non-hydrogen) atoms. The van der Waals surface area contributed by atoms with Gasteiger partial charge in [0.2, 0.25) is 0 Å². The van der Waals surface area contributed by atoms with E-state index in [0.29, 0.717) is 12.6 Å². The second-order valence-corrected chi connectivity index (χ2v) is 4.80. The first-order valence-corrected chi connectivity index (χ1v) is 6.61. The first-order chi connectivity index (χ1) is 9.25. The number of aliphatic hydroxyl groups excluding tert-OH is 1. The van der Waals surface area contributed by atoms with E-state index < -0.39 is 6.10 Å². The monoisotopic (exact) mass is 256 g/mol. The van der Waals surface area contributed by atoms with Crippen LogP contribution in [0.1, 0.15) is 24.2 Å². The van der Waals surface area contributed by atoms with Crippen molar-refractivity contribution in [2.45, 2.75) is 25.5 Å². The van der Waals surface area contributed by atoms with E-state index in [-0.39, 0.29) is 0 Å². The van der Waals surface area contributed by atoms with Crippen LogP contribution < -0.4 is 5.32 Å². The van der Waals surface area contributed by atoms with Crippen LogP contribution in [-0.2, 0) is 6.42 Å². The molecular weight excluding hydrogens is 236 g/mol. The van der Waals surface area contributed by atoms with Crippen molar-refractivity contribution in [2.24, 2.45) is 0 Å². The summed E-state index contributed by atoms with van der Waals surface area (Å²) < 4.78 is 0. The largest absolute Gasteiger partial charge is 0.387 e. The van der Waals surface area contributed by atoms with Crippen molar-refractivity contribution in [1.82, 2.24) is 10.3 Å². The van der Waals surface area contributed by atoms with Crippen molar-refractivity contribution in [3.8, 4) is 0 Å². The third-order valence-electron chi connectivity index (χ3n) is 3.11. The number of nitrogens with one attached hydrogen (secondary N) is 1. The number of pyridine rings is 1. The molecule has 0 radical (unpaired) electrons. The number of benzene rings is 1. The topological polar surface area (TPSA) is 45.1 Å². The van der Waals surface area contributed by atoms with E-state index in [1.165, 1.54) is 5.56 Å². The highest BCUT2D eigenvalue weighted by Crippen LogP contribution is 2.10. The van der Waals surface area contributed by atoms with Gasteiger partial charge in [-0.2, -0.15) is 0 Å². The first-order valence-electron chi connectivity index (χ1n) is 6.61. The highest BCUT2D eigenvalue weighted by molar-refractivity contribution is 5.16. The lowest BCUT2D eigenvalue weighted by Gasteiger charge is -2.17. The maximum absolute atomic E-state index is 10.0. The summed E-state index contributed by atoms with van der Waals surface area (Å²) in [5.41, 5.74) is 2.15. The Morgan fingerprint density at radius 1 is 1.16 bits per heavy atom. The molecule has 0 aliphatic rings. The highest BCUT2D eigenvalue weighted by Gasteiger charge is 2.09. The molecule has 0 amide bonds. The summed E-state index contributed by atoms with van der Waals surface area (Å²) in [6.45, 7) is 2.67. The molecule has 2 rings (SSSR count). The van der Waals surface area contributed by atoms with Crippen molar-refractivity contribution in [3.63, 3.8) is 0 Å². The zero-order chi connectivity index (χ0) is 13.5. The molecule has 0 saturated heterocycles. The van der Waals surface area contributed by atoms with E-state index in [1.807, 2.05) is 30.3 Å². The van der Waals surface area contributed by atoms with Crippen LogP contribution in [0.4, 0.5) is 0 Å². The number of aliphatic hydroxyl groups is 1. The van der Waals surface area contributed by atoms with Gasteiger partial charge in [-0.3, -0.25) is 4.98 Å². The van der Waals surface area contributed by atoms with Gasteiger partial charge < -0.3 is 10.4 Å². The number of rotatable bonds is 6. The molecule has 2 atom stereocenters. The average Bonchev–Trinajstić information content (AvgIpc) is 2.47. The van der Waals surface area contributed by atoms with Crippen LogP contribution in [0.15, 0.2) is 54.9 Å². The Hall–Kier alpha value is -1.71. The first kappa shape index (κ1) is 13.7. The molecule has 100 valence electrons. The summed E-state index contributed by atoms with van der Waals surface area (Å²) in [7, 11) is 0. The number of hydrogen-bond donors (Lipinski definition) is 2. The zero-order valence-electron chi connectivity index (χ0n) is 11.2. The van der Waals surface area contributed by atoms with Crippen LogP contribution in [0.25, 0.3) is 0 Å². The molecule has 2 aromatic rings. The molecule has 0 aliphatic heterocycles. The Morgan fingerprint density at radius 3 is 2.63 bits per heavy atom. The molecule has 0 fully saturated rings. The van der Waals surface area contributed by atoms with Crippen molar-refractivity contribution >= 4 is 0 Å². The number of aromatic nitrogens is 1. The predicted molar refractivity (Wildman–Crippen MR) is 76.8 cm³/mol. The van der Waals surface area contributed by atoms with Crippen molar-refractivity contribution < 1.29 is 5.11 Å². The van der Waals surface area contributed by atoms with Crippen LogP contribution in [0, 0.1) is 0 Å². The standard InChI is InChI=1S/C16H20N2O/c1-13(10-14-6-3-2-4-7-14)18-12-16(19)15-8-5-9-17-11-15/h2-9,11,13,16,18-19H,10,12H2,1H3/t13-,16+/m1/s1. The van der Waals surface area contributed by atoms with Gasteiger partial charge in [0.15, 0.2) is 0 Å². The third kappa shape index (κ3) is 4.47. The minimum atomic E-state index is -0.507. The van der Waals surface area contributed by atoms with Crippen LogP contribution >= 0.6 is 0 Å². The lowest BCUT2D eigenvalue weighted by Crippen LogP contribution is -2.32. The minimum Gasteiger partial charge on any atom is -0.387 e. The van der Waals surface area contributed by atoms with Crippen LogP contribution in [0.3, 0.4) is 0 Å². The Labute approximate surface area is 114 Å². The zero-order valence-corrected chi connectivity index (χ0v) is 11.2. The molecule has 2 N–H and O–H groups in total. The lowest BCUT2D eigenvalue weighted by molar-refractivity contribution is 0.170. The van der Waals surface area contributed by atoms with Crippen LogP contribution in [0.5, 0.6) is 0 Å². The molecule has 3 heteroatoms. The maximum atomic E-state index is 10.0. The fourth-order valence-electron chi connectivity index (χ4n) is 2.04. The van der Waals surface area contributed by atoms with Gasteiger partial charge in [-0.1, -0.05) is 36.4 Å². The number of nitrogens with zero attached hydrogens (tertiary/aromatic N) is 1. The summed E-state index contributed by atoms with van der Waals surface area (Å²) in [4.78, 5) is 4.01. The van der Waals surface area contributed by atoms with E-state index >= 15 is 0 Å². The minimum absolute atomic E-state index is 0.328. The summed E-state index contributed by atoms with van der Waals surface area (Å²) in [6, 6.07) is 14.4. The summed E-state index contributed by atoms with van der Waals surface area (Å²) in [5, 5.41) is 13.4. The Balaban J connectivity index is 1.79. The van der Waals surface area contributed by atoms with Gasteiger partial charge in [0.05, 0.1) is 6.10 Å². The van der Waals surface area contributed by atoms with E-state index in [0.717, 1.165) is 12.0 Å². The maximum Gasteiger partial charge on any atom is 0.0929 e. The highest BCUT2D eigenvalue weighted by atomic mass is 16.3. The molecule has 1 aromatic heterocycles. The normalized spacial score (nSPS) is 14.0. The van der Waals surface area contributed by atoms with Crippen molar-refractivity contribution in [1.29, 1.82) is 0 Å².